The lowest BCUT2D eigenvalue weighted by Crippen LogP contribution is -2.25. The van der Waals surface area contributed by atoms with Crippen LogP contribution in [0.2, 0.25) is 0 Å². The van der Waals surface area contributed by atoms with Crippen LogP contribution in [0, 0.1) is 11.6 Å². The fourth-order valence-electron chi connectivity index (χ4n) is 2.88. The van der Waals surface area contributed by atoms with Gasteiger partial charge in [0, 0.05) is 32.1 Å². The maximum Gasteiger partial charge on any atom is 0.159 e. The molecule has 0 aliphatic heterocycles. The molecule has 2 aromatic carbocycles. The number of methoxy groups -OCH3 is 2. The van der Waals surface area contributed by atoms with E-state index in [1.54, 1.807) is 32.5 Å². The van der Waals surface area contributed by atoms with Crippen molar-refractivity contribution in [3.63, 3.8) is 0 Å². The zero-order valence-corrected chi connectivity index (χ0v) is 15.4. The SMILES string of the molecule is COc1cc(OC)cc(C(NCc2ccc(F)c(F)c2)c2nccn2C)c1. The summed E-state index contributed by atoms with van der Waals surface area (Å²) in [5, 5.41) is 3.36. The van der Waals surface area contributed by atoms with Crippen LogP contribution in [0.1, 0.15) is 23.0 Å². The lowest BCUT2D eigenvalue weighted by atomic mass is 10.0. The summed E-state index contributed by atoms with van der Waals surface area (Å²) in [5.74, 6) is 0.340. The number of nitrogens with one attached hydrogen (secondary N) is 1. The van der Waals surface area contributed by atoms with Crippen LogP contribution < -0.4 is 14.8 Å². The molecule has 1 aromatic heterocycles. The van der Waals surface area contributed by atoms with Crippen LogP contribution in [0.25, 0.3) is 0 Å². The van der Waals surface area contributed by atoms with Crippen molar-refractivity contribution in [1.29, 1.82) is 0 Å². The first kappa shape index (κ1) is 18.8. The van der Waals surface area contributed by atoms with E-state index in [0.29, 0.717) is 23.6 Å². The fraction of sp³-hybridized carbons (Fsp3) is 0.250. The number of hydrogen-bond acceptors (Lipinski definition) is 4. The third-order valence-corrected chi connectivity index (χ3v) is 4.32. The van der Waals surface area contributed by atoms with Gasteiger partial charge in [0.2, 0.25) is 0 Å². The number of hydrogen-bond donors (Lipinski definition) is 1. The van der Waals surface area contributed by atoms with Crippen LogP contribution in [-0.2, 0) is 13.6 Å². The Bertz CT molecular complexity index is 905. The second-order valence-electron chi connectivity index (χ2n) is 6.10. The van der Waals surface area contributed by atoms with Crippen LogP contribution in [-0.4, -0.2) is 23.8 Å². The molecule has 0 radical (unpaired) electrons. The Morgan fingerprint density at radius 1 is 1.04 bits per heavy atom. The summed E-state index contributed by atoms with van der Waals surface area (Å²) in [6.07, 6.45) is 3.55. The molecule has 142 valence electrons. The first-order valence-electron chi connectivity index (χ1n) is 8.39. The standard InChI is InChI=1S/C20H21F2N3O2/c1-25-7-6-23-20(25)19(14-9-15(26-2)11-16(10-14)27-3)24-12-13-4-5-17(21)18(22)8-13/h4-11,19,24H,12H2,1-3H3. The van der Waals surface area contributed by atoms with E-state index in [0.717, 1.165) is 17.5 Å². The van der Waals surface area contributed by atoms with E-state index < -0.39 is 11.6 Å². The number of nitrogens with zero attached hydrogens (tertiary/aromatic N) is 2. The lowest BCUT2D eigenvalue weighted by Gasteiger charge is -2.21. The van der Waals surface area contributed by atoms with E-state index in [1.807, 2.05) is 29.9 Å². The zero-order valence-electron chi connectivity index (χ0n) is 15.4. The number of halogens is 2. The maximum absolute atomic E-state index is 13.5. The van der Waals surface area contributed by atoms with E-state index in [1.165, 1.54) is 6.07 Å². The minimum absolute atomic E-state index is 0.304. The topological polar surface area (TPSA) is 48.3 Å². The van der Waals surface area contributed by atoms with E-state index in [-0.39, 0.29) is 6.04 Å². The molecule has 7 heteroatoms. The minimum Gasteiger partial charge on any atom is -0.497 e. The summed E-state index contributed by atoms with van der Waals surface area (Å²) in [5.41, 5.74) is 1.51. The molecule has 1 N–H and O–H groups in total. The smallest absolute Gasteiger partial charge is 0.159 e. The van der Waals surface area contributed by atoms with Gasteiger partial charge in [-0.15, -0.1) is 0 Å². The molecular formula is C20H21F2N3O2. The Morgan fingerprint density at radius 2 is 1.74 bits per heavy atom. The first-order valence-corrected chi connectivity index (χ1v) is 8.39. The second kappa shape index (κ2) is 8.18. The summed E-state index contributed by atoms with van der Waals surface area (Å²) >= 11 is 0. The second-order valence-corrected chi connectivity index (χ2v) is 6.10. The Labute approximate surface area is 156 Å². The van der Waals surface area contributed by atoms with Crippen molar-refractivity contribution in [3.05, 3.63) is 77.4 Å². The van der Waals surface area contributed by atoms with Gasteiger partial charge in [-0.3, -0.25) is 5.32 Å². The highest BCUT2D eigenvalue weighted by atomic mass is 19.2. The lowest BCUT2D eigenvalue weighted by molar-refractivity contribution is 0.392. The van der Waals surface area contributed by atoms with E-state index in [2.05, 4.69) is 10.3 Å². The van der Waals surface area contributed by atoms with E-state index >= 15 is 0 Å². The summed E-state index contributed by atoms with van der Waals surface area (Å²) in [4.78, 5) is 4.43. The van der Waals surface area contributed by atoms with Crippen molar-refractivity contribution in [2.45, 2.75) is 12.6 Å². The molecule has 1 atom stereocenters. The highest BCUT2D eigenvalue weighted by Crippen LogP contribution is 2.29. The highest BCUT2D eigenvalue weighted by molar-refractivity contribution is 5.41. The summed E-state index contributed by atoms with van der Waals surface area (Å²) < 4.78 is 39.3. The van der Waals surface area contributed by atoms with Crippen molar-refractivity contribution in [3.8, 4) is 11.5 Å². The normalized spacial score (nSPS) is 12.0. The van der Waals surface area contributed by atoms with Crippen molar-refractivity contribution < 1.29 is 18.3 Å². The van der Waals surface area contributed by atoms with Crippen molar-refractivity contribution in [2.75, 3.05) is 14.2 Å². The highest BCUT2D eigenvalue weighted by Gasteiger charge is 2.20. The Balaban J connectivity index is 1.94. The monoisotopic (exact) mass is 373 g/mol. The number of imidazole rings is 1. The van der Waals surface area contributed by atoms with Gasteiger partial charge in [0.15, 0.2) is 11.6 Å². The average Bonchev–Trinajstić information content (AvgIpc) is 3.10. The van der Waals surface area contributed by atoms with Gasteiger partial charge in [-0.25, -0.2) is 13.8 Å². The number of rotatable bonds is 7. The number of aryl methyl sites for hydroxylation is 1. The zero-order chi connectivity index (χ0) is 19.4. The van der Waals surface area contributed by atoms with Crippen LogP contribution in [0.3, 0.4) is 0 Å². The number of ether oxygens (including phenoxy) is 2. The van der Waals surface area contributed by atoms with Gasteiger partial charge in [-0.2, -0.15) is 0 Å². The van der Waals surface area contributed by atoms with Crippen molar-refractivity contribution in [2.24, 2.45) is 7.05 Å². The molecule has 0 aliphatic carbocycles. The van der Waals surface area contributed by atoms with Crippen LogP contribution in [0.15, 0.2) is 48.8 Å². The Kier molecular flexibility index (Phi) is 5.71. The van der Waals surface area contributed by atoms with Crippen LogP contribution >= 0.6 is 0 Å². The third kappa shape index (κ3) is 4.25. The maximum atomic E-state index is 13.5. The minimum atomic E-state index is -0.870. The van der Waals surface area contributed by atoms with Gasteiger partial charge < -0.3 is 14.0 Å². The molecule has 0 saturated heterocycles. The van der Waals surface area contributed by atoms with Crippen molar-refractivity contribution in [1.82, 2.24) is 14.9 Å². The number of aromatic nitrogens is 2. The molecule has 1 heterocycles. The molecule has 0 amide bonds. The quantitative estimate of drug-likeness (QED) is 0.688. The molecule has 0 bridgehead atoms. The van der Waals surface area contributed by atoms with Gasteiger partial charge in [-0.05, 0) is 35.4 Å². The van der Waals surface area contributed by atoms with Gasteiger partial charge >= 0.3 is 0 Å². The molecule has 0 fully saturated rings. The predicted molar refractivity (Wildman–Crippen MR) is 97.8 cm³/mol. The summed E-state index contributed by atoms with van der Waals surface area (Å²) in [6.45, 7) is 0.328. The largest absolute Gasteiger partial charge is 0.497 e. The molecule has 0 aliphatic rings. The molecule has 5 nitrogen and oxygen atoms in total. The molecule has 3 rings (SSSR count). The fourth-order valence-corrected chi connectivity index (χ4v) is 2.88. The third-order valence-electron chi connectivity index (χ3n) is 4.32. The van der Waals surface area contributed by atoms with E-state index in [9.17, 15) is 8.78 Å². The molecule has 1 unspecified atom stereocenters. The Morgan fingerprint density at radius 3 is 2.30 bits per heavy atom. The average molecular weight is 373 g/mol. The van der Waals surface area contributed by atoms with Crippen LogP contribution in [0.4, 0.5) is 8.78 Å². The van der Waals surface area contributed by atoms with E-state index in [4.69, 9.17) is 9.47 Å². The van der Waals surface area contributed by atoms with Crippen LogP contribution in [0.5, 0.6) is 11.5 Å². The predicted octanol–water partition coefficient (Wildman–Crippen LogP) is 3.59. The number of benzene rings is 2. The first-order chi connectivity index (χ1) is 13.0. The Hall–Kier alpha value is -2.93. The van der Waals surface area contributed by atoms with Crippen molar-refractivity contribution >= 4 is 0 Å². The molecular weight excluding hydrogens is 352 g/mol. The molecule has 27 heavy (non-hydrogen) atoms. The van der Waals surface area contributed by atoms with Gasteiger partial charge in [0.05, 0.1) is 20.3 Å². The summed E-state index contributed by atoms with van der Waals surface area (Å²) in [7, 11) is 5.07. The van der Waals surface area contributed by atoms with Gasteiger partial charge in [0.25, 0.3) is 0 Å². The molecule has 0 saturated carbocycles. The van der Waals surface area contributed by atoms with Gasteiger partial charge in [0.1, 0.15) is 17.3 Å². The van der Waals surface area contributed by atoms with Gasteiger partial charge in [-0.1, -0.05) is 6.07 Å². The molecule has 0 spiro atoms. The molecule has 3 aromatic rings. The summed E-state index contributed by atoms with van der Waals surface area (Å²) in [6, 6.07) is 9.12.